The zero-order valence-electron chi connectivity index (χ0n) is 18.1. The van der Waals surface area contributed by atoms with E-state index in [9.17, 15) is 0 Å². The fourth-order valence-electron chi connectivity index (χ4n) is 3.93. The molecule has 0 N–H and O–H groups in total. The molecular formula is C27H30OSi. The molecule has 0 saturated carbocycles. The van der Waals surface area contributed by atoms with Crippen LogP contribution in [0.1, 0.15) is 39.2 Å². The van der Waals surface area contributed by atoms with E-state index in [0.29, 0.717) is 0 Å². The summed E-state index contributed by atoms with van der Waals surface area (Å²) >= 11 is 0. The lowest BCUT2D eigenvalue weighted by Gasteiger charge is -2.39. The van der Waals surface area contributed by atoms with E-state index in [-0.39, 0.29) is 11.0 Å². The van der Waals surface area contributed by atoms with Crippen molar-refractivity contribution in [2.45, 2.75) is 38.7 Å². The molecule has 1 unspecified atom stereocenters. The number of rotatable bonds is 4. The number of hydrogen-bond donors (Lipinski definition) is 0. The van der Waals surface area contributed by atoms with Gasteiger partial charge in [0.2, 0.25) is 8.07 Å². The first-order valence-corrected chi connectivity index (χ1v) is 12.2. The molecule has 0 aliphatic heterocycles. The van der Waals surface area contributed by atoms with Crippen LogP contribution in [0.5, 0.6) is 5.75 Å². The van der Waals surface area contributed by atoms with E-state index in [1.165, 1.54) is 15.9 Å². The van der Waals surface area contributed by atoms with Crippen LogP contribution in [0.25, 0.3) is 0 Å². The molecule has 0 spiro atoms. The van der Waals surface area contributed by atoms with Gasteiger partial charge in [-0.1, -0.05) is 93.6 Å². The maximum Gasteiger partial charge on any atom is 0.204 e. The highest BCUT2D eigenvalue weighted by Crippen LogP contribution is 2.35. The first-order chi connectivity index (χ1) is 13.9. The van der Waals surface area contributed by atoms with Gasteiger partial charge in [-0.3, -0.25) is 0 Å². The highest BCUT2D eigenvalue weighted by Gasteiger charge is 2.47. The van der Waals surface area contributed by atoms with Crippen LogP contribution in [-0.2, 0) is 0 Å². The minimum absolute atomic E-state index is 0.0440. The Balaban J connectivity index is 2.15. The molecular weight excluding hydrogens is 368 g/mol. The van der Waals surface area contributed by atoms with Gasteiger partial charge < -0.3 is 4.74 Å². The van der Waals surface area contributed by atoms with Crippen molar-refractivity contribution in [2.24, 2.45) is 0 Å². The van der Waals surface area contributed by atoms with E-state index in [1.54, 1.807) is 7.11 Å². The van der Waals surface area contributed by atoms with E-state index in [0.717, 1.165) is 5.75 Å². The summed E-state index contributed by atoms with van der Waals surface area (Å²) < 4.78 is 5.29. The zero-order chi connectivity index (χ0) is 20.9. The SMILES string of the molecule is COc1ccc(C(C)C#C[Si](c2ccccc2)(c2ccccc2)C(C)(C)C)cc1. The molecule has 3 aromatic carbocycles. The molecule has 0 saturated heterocycles. The Morgan fingerprint density at radius 2 is 1.24 bits per heavy atom. The highest BCUT2D eigenvalue weighted by molar-refractivity contribution is 7.10. The Kier molecular flexibility index (Phi) is 6.30. The molecule has 3 aromatic rings. The minimum atomic E-state index is -2.35. The predicted molar refractivity (Wildman–Crippen MR) is 127 cm³/mol. The van der Waals surface area contributed by atoms with Crippen LogP contribution in [-0.4, -0.2) is 15.2 Å². The van der Waals surface area contributed by atoms with Gasteiger partial charge >= 0.3 is 0 Å². The van der Waals surface area contributed by atoms with Gasteiger partial charge in [0.1, 0.15) is 5.75 Å². The Bertz CT molecular complexity index is 934. The van der Waals surface area contributed by atoms with Gasteiger partial charge in [0, 0.05) is 5.92 Å². The number of methoxy groups -OCH3 is 1. The van der Waals surface area contributed by atoms with Crippen molar-refractivity contribution in [3.63, 3.8) is 0 Å². The lowest BCUT2D eigenvalue weighted by atomic mass is 10.0. The first kappa shape index (κ1) is 21.0. The van der Waals surface area contributed by atoms with E-state index in [4.69, 9.17) is 4.74 Å². The van der Waals surface area contributed by atoms with Crippen LogP contribution in [0.3, 0.4) is 0 Å². The van der Waals surface area contributed by atoms with Crippen LogP contribution in [0.4, 0.5) is 0 Å². The fourth-order valence-corrected chi connectivity index (χ4v) is 8.48. The Morgan fingerprint density at radius 1 is 0.759 bits per heavy atom. The second kappa shape index (κ2) is 8.72. The van der Waals surface area contributed by atoms with E-state index in [1.807, 2.05) is 12.1 Å². The summed E-state index contributed by atoms with van der Waals surface area (Å²) in [6.45, 7) is 9.20. The topological polar surface area (TPSA) is 9.23 Å². The van der Waals surface area contributed by atoms with Crippen molar-refractivity contribution in [2.75, 3.05) is 7.11 Å². The van der Waals surface area contributed by atoms with Gasteiger partial charge in [0.15, 0.2) is 0 Å². The average Bonchev–Trinajstić information content (AvgIpc) is 2.74. The quantitative estimate of drug-likeness (QED) is 0.422. The van der Waals surface area contributed by atoms with Gasteiger partial charge in [-0.05, 0) is 40.0 Å². The molecule has 2 heteroatoms. The average molecular weight is 399 g/mol. The first-order valence-electron chi connectivity index (χ1n) is 10.2. The zero-order valence-corrected chi connectivity index (χ0v) is 19.1. The standard InChI is InChI=1S/C27H30OSi/c1-22(23-16-18-24(28-5)19-17-23)20-21-29(27(2,3)4,25-12-8-6-9-13-25)26-14-10-7-11-15-26/h6-19,22H,1-5H3. The van der Waals surface area contributed by atoms with Crippen LogP contribution in [0.2, 0.25) is 5.04 Å². The lowest BCUT2D eigenvalue weighted by molar-refractivity contribution is 0.414. The molecule has 0 fully saturated rings. The molecule has 1 nitrogen and oxygen atoms in total. The molecule has 0 bridgehead atoms. The second-order valence-corrected chi connectivity index (χ2v) is 12.9. The molecule has 1 atom stereocenters. The van der Waals surface area contributed by atoms with Gasteiger partial charge in [0.25, 0.3) is 0 Å². The van der Waals surface area contributed by atoms with Gasteiger partial charge in [-0.15, -0.1) is 11.5 Å². The van der Waals surface area contributed by atoms with Gasteiger partial charge in [-0.25, -0.2) is 0 Å². The largest absolute Gasteiger partial charge is 0.497 e. The highest BCUT2D eigenvalue weighted by atomic mass is 28.3. The van der Waals surface area contributed by atoms with Gasteiger partial charge in [-0.2, -0.15) is 0 Å². The molecule has 0 aliphatic rings. The third-order valence-corrected chi connectivity index (χ3v) is 10.8. The van der Waals surface area contributed by atoms with Crippen LogP contribution in [0.15, 0.2) is 84.9 Å². The minimum Gasteiger partial charge on any atom is -0.497 e. The van der Waals surface area contributed by atoms with Gasteiger partial charge in [0.05, 0.1) is 7.11 Å². The number of hydrogen-bond acceptors (Lipinski definition) is 1. The molecule has 0 radical (unpaired) electrons. The Hall–Kier alpha value is -2.76. The molecule has 148 valence electrons. The Labute approximate surface area is 176 Å². The van der Waals surface area contributed by atoms with Crippen molar-refractivity contribution in [3.8, 4) is 17.2 Å². The number of ether oxygens (including phenoxy) is 1. The smallest absolute Gasteiger partial charge is 0.204 e. The number of benzene rings is 3. The van der Waals surface area contributed by atoms with Crippen molar-refractivity contribution < 1.29 is 4.74 Å². The fraction of sp³-hybridized carbons (Fsp3) is 0.259. The summed E-state index contributed by atoms with van der Waals surface area (Å²) in [5.41, 5.74) is 5.11. The lowest BCUT2D eigenvalue weighted by Crippen LogP contribution is -2.63. The summed E-state index contributed by atoms with van der Waals surface area (Å²) in [6, 6.07) is 30.0. The van der Waals surface area contributed by atoms with Crippen LogP contribution >= 0.6 is 0 Å². The molecule has 0 amide bonds. The summed E-state index contributed by atoms with van der Waals surface area (Å²) in [4.78, 5) is 0. The van der Waals surface area contributed by atoms with Crippen molar-refractivity contribution in [3.05, 3.63) is 90.5 Å². The second-order valence-electron chi connectivity index (χ2n) is 8.50. The molecule has 0 aromatic heterocycles. The van der Waals surface area contributed by atoms with Crippen molar-refractivity contribution in [1.29, 1.82) is 0 Å². The molecule has 0 aliphatic carbocycles. The third-order valence-electron chi connectivity index (χ3n) is 5.63. The molecule has 0 heterocycles. The molecule has 29 heavy (non-hydrogen) atoms. The molecule has 3 rings (SSSR count). The van der Waals surface area contributed by atoms with E-state index < -0.39 is 8.07 Å². The maximum atomic E-state index is 5.29. The normalized spacial score (nSPS) is 12.6. The summed E-state index contributed by atoms with van der Waals surface area (Å²) in [7, 11) is -0.653. The summed E-state index contributed by atoms with van der Waals surface area (Å²) in [6.07, 6.45) is 0. The summed E-state index contributed by atoms with van der Waals surface area (Å²) in [5, 5.41) is 2.78. The van der Waals surface area contributed by atoms with Crippen molar-refractivity contribution >= 4 is 18.4 Å². The monoisotopic (exact) mass is 398 g/mol. The van der Waals surface area contributed by atoms with Crippen LogP contribution < -0.4 is 15.1 Å². The van der Waals surface area contributed by atoms with Crippen LogP contribution in [0, 0.1) is 11.5 Å². The van der Waals surface area contributed by atoms with E-state index >= 15 is 0 Å². The third kappa shape index (κ3) is 4.31. The van der Waals surface area contributed by atoms with E-state index in [2.05, 4.69) is 112 Å². The predicted octanol–water partition coefficient (Wildman–Crippen LogP) is 5.40. The Morgan fingerprint density at radius 3 is 1.66 bits per heavy atom. The maximum absolute atomic E-state index is 5.29. The summed E-state index contributed by atoms with van der Waals surface area (Å²) in [5.74, 6) is 4.68. The van der Waals surface area contributed by atoms with Crippen molar-refractivity contribution in [1.82, 2.24) is 0 Å².